The van der Waals surface area contributed by atoms with Crippen LogP contribution in [0.4, 0.5) is 8.78 Å². The molecule has 0 radical (unpaired) electrons. The van der Waals surface area contributed by atoms with E-state index in [1.54, 1.807) is 0 Å². The number of nitrogens with one attached hydrogen (secondary N) is 1. The van der Waals surface area contributed by atoms with Crippen LogP contribution in [0.2, 0.25) is 0 Å². The Labute approximate surface area is 67.2 Å². The van der Waals surface area contributed by atoms with Crippen LogP contribution in [0.25, 0.3) is 0 Å². The van der Waals surface area contributed by atoms with E-state index in [0.29, 0.717) is 0 Å². The predicted octanol–water partition coefficient (Wildman–Crippen LogP) is 2.42. The lowest BCUT2D eigenvalue weighted by molar-refractivity contribution is 0.146. The molecule has 0 saturated heterocycles. The second kappa shape index (κ2) is 7.92. The van der Waals surface area contributed by atoms with E-state index >= 15 is 0 Å². The number of hydrogen-bond acceptors (Lipinski definition) is 1. The molecule has 68 valence electrons. The average molecular weight is 165 g/mol. The first-order valence-electron chi connectivity index (χ1n) is 4.26. The highest BCUT2D eigenvalue weighted by Gasteiger charge is 1.98. The largest absolute Gasteiger partial charge is 0.311 e. The van der Waals surface area contributed by atoms with Gasteiger partial charge in [0.25, 0.3) is 6.43 Å². The summed E-state index contributed by atoms with van der Waals surface area (Å²) in [6.07, 6.45) is 2.35. The van der Waals surface area contributed by atoms with Crippen molar-refractivity contribution in [2.75, 3.05) is 13.1 Å². The van der Waals surface area contributed by atoms with Gasteiger partial charge in [-0.15, -0.1) is 0 Å². The maximum absolute atomic E-state index is 11.5. The van der Waals surface area contributed by atoms with E-state index in [9.17, 15) is 8.78 Å². The summed E-state index contributed by atoms with van der Waals surface area (Å²) in [6, 6.07) is 0. The van der Waals surface area contributed by atoms with Crippen molar-refractivity contribution < 1.29 is 8.78 Å². The van der Waals surface area contributed by atoms with Crippen LogP contribution in [0.5, 0.6) is 0 Å². The van der Waals surface area contributed by atoms with Crippen LogP contribution in [0, 0.1) is 0 Å². The lowest BCUT2D eigenvalue weighted by atomic mass is 10.2. The van der Waals surface area contributed by atoms with Gasteiger partial charge in [0, 0.05) is 0 Å². The fourth-order valence-corrected chi connectivity index (χ4v) is 0.888. The number of halogens is 2. The van der Waals surface area contributed by atoms with Crippen LogP contribution in [-0.2, 0) is 0 Å². The molecule has 0 spiro atoms. The Hall–Kier alpha value is -0.180. The summed E-state index contributed by atoms with van der Waals surface area (Å²) in [4.78, 5) is 0. The van der Waals surface area contributed by atoms with Gasteiger partial charge in [-0.1, -0.05) is 26.2 Å². The lowest BCUT2D eigenvalue weighted by Gasteiger charge is -2.02. The van der Waals surface area contributed by atoms with E-state index in [4.69, 9.17) is 0 Å². The Morgan fingerprint density at radius 1 is 1.18 bits per heavy atom. The molecule has 0 rings (SSSR count). The maximum atomic E-state index is 11.5. The van der Waals surface area contributed by atoms with Crippen molar-refractivity contribution >= 4 is 0 Å². The molecule has 0 aromatic rings. The van der Waals surface area contributed by atoms with Crippen LogP contribution >= 0.6 is 0 Å². The zero-order valence-electron chi connectivity index (χ0n) is 7.08. The minimum atomic E-state index is -2.21. The molecular formula is C8H17F2N. The molecule has 0 fully saturated rings. The summed E-state index contributed by atoms with van der Waals surface area (Å²) in [5.41, 5.74) is 0. The predicted molar refractivity (Wildman–Crippen MR) is 43.0 cm³/mol. The molecule has 11 heavy (non-hydrogen) atoms. The van der Waals surface area contributed by atoms with Gasteiger partial charge in [-0.25, -0.2) is 8.78 Å². The highest BCUT2D eigenvalue weighted by molar-refractivity contribution is 4.49. The molecule has 0 atom stereocenters. The molecule has 0 aromatic carbocycles. The topological polar surface area (TPSA) is 12.0 Å². The first-order valence-corrected chi connectivity index (χ1v) is 4.26. The summed E-state index contributed by atoms with van der Waals surface area (Å²) in [5, 5.41) is 2.69. The summed E-state index contributed by atoms with van der Waals surface area (Å²) >= 11 is 0. The summed E-state index contributed by atoms with van der Waals surface area (Å²) < 4.78 is 23.1. The molecule has 0 aliphatic rings. The Morgan fingerprint density at radius 3 is 2.45 bits per heavy atom. The third-order valence-electron chi connectivity index (χ3n) is 1.51. The third kappa shape index (κ3) is 9.82. The van der Waals surface area contributed by atoms with Gasteiger partial charge in [-0.05, 0) is 13.0 Å². The summed E-state index contributed by atoms with van der Waals surface area (Å²) in [5.74, 6) is 0. The highest BCUT2D eigenvalue weighted by Crippen LogP contribution is 1.97. The van der Waals surface area contributed by atoms with Gasteiger partial charge >= 0.3 is 0 Å². The van der Waals surface area contributed by atoms with E-state index in [0.717, 1.165) is 19.4 Å². The number of hydrogen-bond donors (Lipinski definition) is 1. The van der Waals surface area contributed by atoms with E-state index in [-0.39, 0.29) is 6.54 Å². The van der Waals surface area contributed by atoms with E-state index in [2.05, 4.69) is 12.2 Å². The Bertz CT molecular complexity index is 76.5. The molecule has 3 heteroatoms. The van der Waals surface area contributed by atoms with Crippen molar-refractivity contribution in [3.8, 4) is 0 Å². The number of unbranched alkanes of at least 4 members (excludes halogenated alkanes) is 3. The zero-order chi connectivity index (χ0) is 8.53. The fourth-order valence-electron chi connectivity index (χ4n) is 0.888. The molecule has 0 bridgehead atoms. The molecule has 0 aliphatic heterocycles. The average Bonchev–Trinajstić information content (AvgIpc) is 1.96. The van der Waals surface area contributed by atoms with Crippen molar-refractivity contribution in [1.29, 1.82) is 0 Å². The molecule has 1 N–H and O–H groups in total. The van der Waals surface area contributed by atoms with Gasteiger partial charge in [-0.2, -0.15) is 0 Å². The Kier molecular flexibility index (Phi) is 7.79. The molecule has 0 amide bonds. The number of rotatable bonds is 7. The molecule has 0 aliphatic carbocycles. The minimum absolute atomic E-state index is 0.161. The summed E-state index contributed by atoms with van der Waals surface area (Å²) in [6.45, 7) is 2.70. The molecule has 0 saturated carbocycles. The summed E-state index contributed by atoms with van der Waals surface area (Å²) in [7, 11) is 0. The van der Waals surface area contributed by atoms with Crippen LogP contribution in [0.3, 0.4) is 0 Å². The van der Waals surface area contributed by atoms with Gasteiger partial charge in [0.2, 0.25) is 0 Å². The van der Waals surface area contributed by atoms with Crippen LogP contribution in [0.1, 0.15) is 32.6 Å². The van der Waals surface area contributed by atoms with Gasteiger partial charge in [0.1, 0.15) is 0 Å². The van der Waals surface area contributed by atoms with Crippen LogP contribution in [0.15, 0.2) is 0 Å². The Balaban J connectivity index is 2.80. The van der Waals surface area contributed by atoms with Gasteiger partial charge < -0.3 is 5.32 Å². The van der Waals surface area contributed by atoms with Crippen LogP contribution < -0.4 is 5.32 Å². The monoisotopic (exact) mass is 165 g/mol. The lowest BCUT2D eigenvalue weighted by Crippen LogP contribution is -2.22. The van der Waals surface area contributed by atoms with E-state index in [1.807, 2.05) is 0 Å². The SMILES string of the molecule is CCCCCCNCC(F)F. The first kappa shape index (κ1) is 10.8. The zero-order valence-corrected chi connectivity index (χ0v) is 7.08. The van der Waals surface area contributed by atoms with Crippen molar-refractivity contribution in [2.45, 2.75) is 39.0 Å². The molecule has 0 heterocycles. The second-order valence-electron chi connectivity index (χ2n) is 2.66. The van der Waals surface area contributed by atoms with Crippen molar-refractivity contribution in [3.63, 3.8) is 0 Å². The molecular weight excluding hydrogens is 148 g/mol. The van der Waals surface area contributed by atoms with Crippen molar-refractivity contribution in [3.05, 3.63) is 0 Å². The highest BCUT2D eigenvalue weighted by atomic mass is 19.3. The quantitative estimate of drug-likeness (QED) is 0.571. The molecule has 0 aromatic heterocycles. The van der Waals surface area contributed by atoms with Crippen LogP contribution in [-0.4, -0.2) is 19.5 Å². The molecule has 1 nitrogen and oxygen atoms in total. The van der Waals surface area contributed by atoms with Gasteiger partial charge in [-0.3, -0.25) is 0 Å². The Morgan fingerprint density at radius 2 is 1.91 bits per heavy atom. The first-order chi connectivity index (χ1) is 5.27. The molecule has 0 unspecified atom stereocenters. The van der Waals surface area contributed by atoms with Gasteiger partial charge in [0.05, 0.1) is 6.54 Å². The third-order valence-corrected chi connectivity index (χ3v) is 1.51. The second-order valence-corrected chi connectivity index (χ2v) is 2.66. The van der Waals surface area contributed by atoms with Crippen molar-refractivity contribution in [1.82, 2.24) is 5.32 Å². The normalized spacial score (nSPS) is 10.9. The minimum Gasteiger partial charge on any atom is -0.311 e. The van der Waals surface area contributed by atoms with E-state index < -0.39 is 6.43 Å². The smallest absolute Gasteiger partial charge is 0.250 e. The maximum Gasteiger partial charge on any atom is 0.250 e. The van der Waals surface area contributed by atoms with Gasteiger partial charge in [0.15, 0.2) is 0 Å². The standard InChI is InChI=1S/C8H17F2N/c1-2-3-4-5-6-11-7-8(9)10/h8,11H,2-7H2,1H3. The van der Waals surface area contributed by atoms with E-state index in [1.165, 1.54) is 12.8 Å². The van der Waals surface area contributed by atoms with Crippen molar-refractivity contribution in [2.24, 2.45) is 0 Å². The number of alkyl halides is 2. The fraction of sp³-hybridized carbons (Fsp3) is 1.00.